The van der Waals surface area contributed by atoms with Crippen molar-refractivity contribution in [2.24, 2.45) is 7.05 Å². The lowest BCUT2D eigenvalue weighted by atomic mass is 10.2. The summed E-state index contributed by atoms with van der Waals surface area (Å²) < 4.78 is 34.7. The molecule has 25 heavy (non-hydrogen) atoms. The third-order valence-corrected chi connectivity index (χ3v) is 5.87. The largest absolute Gasteiger partial charge is 0.461 e. The van der Waals surface area contributed by atoms with Crippen LogP contribution in [0.1, 0.15) is 34.2 Å². The van der Waals surface area contributed by atoms with Crippen molar-refractivity contribution in [1.82, 2.24) is 9.29 Å². The van der Waals surface area contributed by atoms with Crippen LogP contribution in [0.2, 0.25) is 0 Å². The monoisotopic (exact) mass is 364 g/mol. The molecule has 0 radical (unpaired) electrons. The minimum atomic E-state index is -3.72. The highest BCUT2D eigenvalue weighted by molar-refractivity contribution is 7.89. The summed E-state index contributed by atoms with van der Waals surface area (Å²) in [5, 5.41) is 0. The van der Waals surface area contributed by atoms with Crippen molar-refractivity contribution in [2.75, 3.05) is 13.2 Å². The van der Waals surface area contributed by atoms with Gasteiger partial charge in [-0.25, -0.2) is 17.9 Å². The minimum absolute atomic E-state index is 0.145. The molecule has 0 bridgehead atoms. The molecule has 0 saturated carbocycles. The number of benzene rings is 1. The van der Waals surface area contributed by atoms with Gasteiger partial charge in [-0.15, -0.1) is 0 Å². The first kappa shape index (κ1) is 19.2. The maximum absolute atomic E-state index is 12.7. The van der Waals surface area contributed by atoms with Crippen LogP contribution in [-0.4, -0.2) is 32.1 Å². The molecule has 2 aromatic rings. The molecule has 0 atom stereocenters. The molecule has 1 N–H and O–H groups in total. The second-order valence-corrected chi connectivity index (χ2v) is 7.50. The topological polar surface area (TPSA) is 77.4 Å². The number of sulfonamides is 1. The van der Waals surface area contributed by atoms with Crippen molar-refractivity contribution in [1.29, 1.82) is 0 Å². The van der Waals surface area contributed by atoms with E-state index in [0.29, 0.717) is 17.7 Å². The summed E-state index contributed by atoms with van der Waals surface area (Å²) in [6, 6.07) is 9.65. The smallest absolute Gasteiger partial charge is 0.355 e. The lowest BCUT2D eigenvalue weighted by molar-refractivity contribution is 0.0514. The summed E-state index contributed by atoms with van der Waals surface area (Å²) in [7, 11) is -2.06. The molecule has 0 aliphatic heterocycles. The van der Waals surface area contributed by atoms with E-state index in [1.807, 2.05) is 30.3 Å². The second-order valence-electron chi connectivity index (χ2n) is 5.80. The van der Waals surface area contributed by atoms with E-state index < -0.39 is 16.0 Å². The minimum Gasteiger partial charge on any atom is -0.461 e. The van der Waals surface area contributed by atoms with E-state index in [2.05, 4.69) is 4.72 Å². The van der Waals surface area contributed by atoms with Crippen molar-refractivity contribution in [2.45, 2.75) is 32.1 Å². The standard InChI is InChI=1S/C18H24N2O4S/c1-5-24-18(21)16-13(2)17(14(3)20(16)4)25(22,23)19-12-11-15-9-7-6-8-10-15/h6-10,19H,5,11-12H2,1-4H3. The number of carbonyl (C=O) groups is 1. The Kier molecular flexibility index (Phi) is 6.02. The quantitative estimate of drug-likeness (QED) is 0.765. The van der Waals surface area contributed by atoms with E-state index in [0.717, 1.165) is 5.56 Å². The molecule has 6 nitrogen and oxygen atoms in total. The Morgan fingerprint density at radius 2 is 1.84 bits per heavy atom. The van der Waals surface area contributed by atoms with Gasteiger partial charge in [-0.3, -0.25) is 0 Å². The molecule has 0 fully saturated rings. The van der Waals surface area contributed by atoms with Crippen LogP contribution in [0.25, 0.3) is 0 Å². The first-order valence-corrected chi connectivity index (χ1v) is 9.64. The van der Waals surface area contributed by atoms with Gasteiger partial charge in [-0.05, 0) is 32.8 Å². The number of esters is 1. The van der Waals surface area contributed by atoms with E-state index >= 15 is 0 Å². The van der Waals surface area contributed by atoms with Gasteiger partial charge in [0.1, 0.15) is 10.6 Å². The maximum atomic E-state index is 12.7. The second kappa shape index (κ2) is 7.84. The molecule has 0 aliphatic rings. The number of hydrogen-bond donors (Lipinski definition) is 1. The molecule has 136 valence electrons. The van der Waals surface area contributed by atoms with Crippen LogP contribution < -0.4 is 4.72 Å². The molecular formula is C18H24N2O4S. The molecule has 0 amide bonds. The lowest BCUT2D eigenvalue weighted by Gasteiger charge is -2.08. The molecular weight excluding hydrogens is 340 g/mol. The molecule has 0 unspecified atom stereocenters. The van der Waals surface area contributed by atoms with Crippen LogP contribution in [0.4, 0.5) is 0 Å². The SMILES string of the molecule is CCOC(=O)c1c(C)c(S(=O)(=O)NCCc2ccccc2)c(C)n1C. The summed E-state index contributed by atoms with van der Waals surface area (Å²) in [5.74, 6) is -0.517. The predicted octanol–water partition coefficient (Wildman–Crippen LogP) is 2.34. The van der Waals surface area contributed by atoms with Gasteiger partial charge in [-0.1, -0.05) is 30.3 Å². The van der Waals surface area contributed by atoms with Crippen molar-refractivity contribution < 1.29 is 17.9 Å². The fourth-order valence-electron chi connectivity index (χ4n) is 2.88. The number of aromatic nitrogens is 1. The number of ether oxygens (including phenoxy) is 1. The maximum Gasteiger partial charge on any atom is 0.355 e. The lowest BCUT2D eigenvalue weighted by Crippen LogP contribution is -2.27. The molecule has 0 spiro atoms. The normalized spacial score (nSPS) is 11.5. The van der Waals surface area contributed by atoms with Crippen LogP contribution in [0.5, 0.6) is 0 Å². The number of nitrogens with zero attached hydrogens (tertiary/aromatic N) is 1. The summed E-state index contributed by atoms with van der Waals surface area (Å²) >= 11 is 0. The van der Waals surface area contributed by atoms with Crippen molar-refractivity contribution in [3.05, 3.63) is 52.8 Å². The van der Waals surface area contributed by atoms with Crippen molar-refractivity contribution in [3.8, 4) is 0 Å². The molecule has 2 rings (SSSR count). The van der Waals surface area contributed by atoms with E-state index in [1.165, 1.54) is 0 Å². The van der Waals surface area contributed by atoms with Crippen LogP contribution in [0.3, 0.4) is 0 Å². The highest BCUT2D eigenvalue weighted by Gasteiger charge is 2.29. The number of rotatable bonds is 7. The van der Waals surface area contributed by atoms with Gasteiger partial charge < -0.3 is 9.30 Å². The molecule has 1 aromatic heterocycles. The highest BCUT2D eigenvalue weighted by atomic mass is 32.2. The first-order chi connectivity index (χ1) is 11.8. The average molecular weight is 364 g/mol. The average Bonchev–Trinajstić information content (AvgIpc) is 2.78. The summed E-state index contributed by atoms with van der Waals surface area (Å²) in [6.45, 7) is 5.55. The van der Waals surface area contributed by atoms with Gasteiger partial charge in [0.25, 0.3) is 0 Å². The first-order valence-electron chi connectivity index (χ1n) is 8.16. The Morgan fingerprint density at radius 1 is 1.20 bits per heavy atom. The van der Waals surface area contributed by atoms with E-state index in [1.54, 1.807) is 32.4 Å². The third kappa shape index (κ3) is 4.11. The van der Waals surface area contributed by atoms with Crippen LogP contribution in [0.15, 0.2) is 35.2 Å². The zero-order chi connectivity index (χ0) is 18.6. The zero-order valence-electron chi connectivity index (χ0n) is 15.0. The molecule has 7 heteroatoms. The molecule has 1 aromatic carbocycles. The van der Waals surface area contributed by atoms with Crippen molar-refractivity contribution >= 4 is 16.0 Å². The molecule has 0 saturated heterocycles. The molecule has 0 aliphatic carbocycles. The van der Waals surface area contributed by atoms with Crippen LogP contribution >= 0.6 is 0 Å². The van der Waals surface area contributed by atoms with Gasteiger partial charge in [0.2, 0.25) is 10.0 Å². The Hall–Kier alpha value is -2.12. The van der Waals surface area contributed by atoms with Crippen molar-refractivity contribution in [3.63, 3.8) is 0 Å². The Labute approximate surface area is 148 Å². The zero-order valence-corrected chi connectivity index (χ0v) is 15.8. The fraction of sp³-hybridized carbons (Fsp3) is 0.389. The Balaban J connectivity index is 2.24. The van der Waals surface area contributed by atoms with Gasteiger partial charge in [0, 0.05) is 24.8 Å². The highest BCUT2D eigenvalue weighted by Crippen LogP contribution is 2.26. The van der Waals surface area contributed by atoms with E-state index in [-0.39, 0.29) is 23.7 Å². The summed E-state index contributed by atoms with van der Waals surface area (Å²) in [5.41, 5.74) is 2.24. The van der Waals surface area contributed by atoms with Crippen LogP contribution in [0, 0.1) is 13.8 Å². The van der Waals surface area contributed by atoms with E-state index in [4.69, 9.17) is 4.74 Å². The third-order valence-electron chi connectivity index (χ3n) is 4.15. The molecule has 1 heterocycles. The Morgan fingerprint density at radius 3 is 2.44 bits per heavy atom. The summed E-state index contributed by atoms with van der Waals surface area (Å²) in [6.07, 6.45) is 0.593. The fourth-order valence-corrected chi connectivity index (χ4v) is 4.42. The number of carbonyl (C=O) groups excluding carboxylic acids is 1. The van der Waals surface area contributed by atoms with E-state index in [9.17, 15) is 13.2 Å². The van der Waals surface area contributed by atoms with Gasteiger partial charge in [-0.2, -0.15) is 0 Å². The summed E-state index contributed by atoms with van der Waals surface area (Å²) in [4.78, 5) is 12.3. The van der Waals surface area contributed by atoms with Gasteiger partial charge in [0.15, 0.2) is 0 Å². The predicted molar refractivity (Wildman–Crippen MR) is 96.2 cm³/mol. The Bertz CT molecular complexity index is 855. The van der Waals surface area contributed by atoms with Gasteiger partial charge >= 0.3 is 5.97 Å². The number of nitrogens with one attached hydrogen (secondary N) is 1. The number of hydrogen-bond acceptors (Lipinski definition) is 4. The van der Waals surface area contributed by atoms with Crippen LogP contribution in [-0.2, 0) is 28.2 Å². The van der Waals surface area contributed by atoms with Gasteiger partial charge in [0.05, 0.1) is 6.61 Å².